The zero-order valence-corrected chi connectivity index (χ0v) is 12.2. The lowest BCUT2D eigenvalue weighted by Crippen LogP contribution is -2.01. The van der Waals surface area contributed by atoms with Gasteiger partial charge in [-0.15, -0.1) is 0 Å². The average Bonchev–Trinajstić information content (AvgIpc) is 2.77. The molecular formula is C17H18FN3. The fourth-order valence-electron chi connectivity index (χ4n) is 2.61. The summed E-state index contributed by atoms with van der Waals surface area (Å²) in [6.45, 7) is 4.93. The molecule has 0 aliphatic carbocycles. The number of hydrogen-bond donors (Lipinski definition) is 1. The maximum absolute atomic E-state index is 14.2. The van der Waals surface area contributed by atoms with Crippen LogP contribution >= 0.6 is 0 Å². The van der Waals surface area contributed by atoms with E-state index in [0.717, 1.165) is 29.6 Å². The number of imidazole rings is 1. The molecule has 21 heavy (non-hydrogen) atoms. The molecule has 3 rings (SSSR count). The van der Waals surface area contributed by atoms with Crippen LogP contribution in [0.5, 0.6) is 0 Å². The number of hydrogen-bond acceptors (Lipinski definition) is 2. The molecule has 0 amide bonds. The monoisotopic (exact) mass is 283 g/mol. The number of halogens is 1. The van der Waals surface area contributed by atoms with E-state index >= 15 is 0 Å². The van der Waals surface area contributed by atoms with E-state index in [1.54, 1.807) is 12.1 Å². The maximum Gasteiger partial charge on any atom is 0.144 e. The van der Waals surface area contributed by atoms with Gasteiger partial charge in [0.2, 0.25) is 0 Å². The average molecular weight is 283 g/mol. The van der Waals surface area contributed by atoms with E-state index in [1.165, 1.54) is 6.07 Å². The van der Waals surface area contributed by atoms with Gasteiger partial charge in [0, 0.05) is 12.2 Å². The van der Waals surface area contributed by atoms with Gasteiger partial charge in [-0.25, -0.2) is 9.37 Å². The summed E-state index contributed by atoms with van der Waals surface area (Å²) < 4.78 is 16.3. The van der Waals surface area contributed by atoms with Crippen molar-refractivity contribution in [2.45, 2.75) is 26.8 Å². The number of aromatic nitrogens is 2. The number of nitrogens with two attached hydrogens (primary N) is 1. The van der Waals surface area contributed by atoms with Crippen molar-refractivity contribution in [3.8, 4) is 11.4 Å². The Bertz CT molecular complexity index is 805. The summed E-state index contributed by atoms with van der Waals surface area (Å²) in [6, 6.07) is 10.9. The second-order valence-corrected chi connectivity index (χ2v) is 5.32. The fraction of sp³-hybridized carbons (Fsp3) is 0.235. The highest BCUT2D eigenvalue weighted by molar-refractivity contribution is 5.81. The smallest absolute Gasteiger partial charge is 0.144 e. The number of anilines is 1. The van der Waals surface area contributed by atoms with Crippen molar-refractivity contribution in [1.29, 1.82) is 0 Å². The Hall–Kier alpha value is -2.36. The number of rotatable bonds is 3. The van der Waals surface area contributed by atoms with Crippen LogP contribution in [-0.2, 0) is 6.54 Å². The third-order valence-electron chi connectivity index (χ3n) is 3.58. The Kier molecular flexibility index (Phi) is 3.37. The van der Waals surface area contributed by atoms with Crippen molar-refractivity contribution >= 4 is 16.7 Å². The highest BCUT2D eigenvalue weighted by Gasteiger charge is 2.15. The van der Waals surface area contributed by atoms with Crippen LogP contribution < -0.4 is 5.73 Å². The number of nitrogens with zero attached hydrogens (tertiary/aromatic N) is 2. The van der Waals surface area contributed by atoms with Crippen molar-refractivity contribution in [3.05, 3.63) is 47.8 Å². The minimum atomic E-state index is -0.334. The Morgan fingerprint density at radius 3 is 2.71 bits per heavy atom. The maximum atomic E-state index is 14.2. The molecule has 3 nitrogen and oxygen atoms in total. The standard InChI is InChI=1S/C17H18FN3/c1-3-8-21-16-7-4-11(2)9-15(16)20-17(21)13-6-5-12(19)10-14(13)18/h4-7,9-10H,3,8,19H2,1-2H3. The van der Waals surface area contributed by atoms with Gasteiger partial charge in [-0.05, 0) is 49.2 Å². The molecule has 0 saturated heterocycles. The lowest BCUT2D eigenvalue weighted by atomic mass is 10.2. The van der Waals surface area contributed by atoms with Crippen LogP contribution in [-0.4, -0.2) is 9.55 Å². The van der Waals surface area contributed by atoms with Crippen LogP contribution in [0.1, 0.15) is 18.9 Å². The van der Waals surface area contributed by atoms with Gasteiger partial charge in [0.05, 0.1) is 16.6 Å². The summed E-state index contributed by atoms with van der Waals surface area (Å²) in [6.07, 6.45) is 0.961. The minimum Gasteiger partial charge on any atom is -0.399 e. The van der Waals surface area contributed by atoms with Crippen LogP contribution in [0, 0.1) is 12.7 Å². The minimum absolute atomic E-state index is 0.334. The van der Waals surface area contributed by atoms with Crippen LogP contribution in [0.3, 0.4) is 0 Å². The molecule has 0 fully saturated rings. The summed E-state index contributed by atoms with van der Waals surface area (Å²) in [5.74, 6) is 0.328. The first kappa shape index (κ1) is 13.6. The SMILES string of the molecule is CCCn1c(-c2ccc(N)cc2F)nc2cc(C)ccc21. The second-order valence-electron chi connectivity index (χ2n) is 5.32. The number of benzene rings is 2. The van der Waals surface area contributed by atoms with Crippen molar-refractivity contribution in [2.24, 2.45) is 0 Å². The number of aryl methyl sites for hydroxylation is 2. The van der Waals surface area contributed by atoms with Gasteiger partial charge in [-0.1, -0.05) is 13.0 Å². The van der Waals surface area contributed by atoms with Crippen LogP contribution in [0.2, 0.25) is 0 Å². The van der Waals surface area contributed by atoms with E-state index in [1.807, 2.05) is 19.1 Å². The Morgan fingerprint density at radius 1 is 1.19 bits per heavy atom. The molecule has 2 aromatic carbocycles. The molecule has 4 heteroatoms. The zero-order chi connectivity index (χ0) is 15.0. The van der Waals surface area contributed by atoms with Gasteiger partial charge in [0.15, 0.2) is 0 Å². The number of nitrogen functional groups attached to an aromatic ring is 1. The predicted molar refractivity (Wildman–Crippen MR) is 84.6 cm³/mol. The van der Waals surface area contributed by atoms with Gasteiger partial charge in [-0.2, -0.15) is 0 Å². The van der Waals surface area contributed by atoms with Gasteiger partial charge in [-0.3, -0.25) is 0 Å². The molecule has 1 heterocycles. The van der Waals surface area contributed by atoms with Crippen LogP contribution in [0.15, 0.2) is 36.4 Å². The summed E-state index contributed by atoms with van der Waals surface area (Å²) in [5.41, 5.74) is 9.62. The van der Waals surface area contributed by atoms with Gasteiger partial charge < -0.3 is 10.3 Å². The summed E-state index contributed by atoms with van der Waals surface area (Å²) in [7, 11) is 0. The van der Waals surface area contributed by atoms with E-state index in [0.29, 0.717) is 17.1 Å². The molecule has 2 N–H and O–H groups in total. The lowest BCUT2D eigenvalue weighted by molar-refractivity contribution is 0.626. The Labute approximate surface area is 123 Å². The number of fused-ring (bicyclic) bond motifs is 1. The molecule has 0 unspecified atom stereocenters. The molecule has 0 atom stereocenters. The molecule has 3 aromatic rings. The molecule has 0 aliphatic rings. The third kappa shape index (κ3) is 2.37. The van der Waals surface area contributed by atoms with Gasteiger partial charge >= 0.3 is 0 Å². The largest absolute Gasteiger partial charge is 0.399 e. The predicted octanol–water partition coefficient (Wildman–Crippen LogP) is 4.14. The third-order valence-corrected chi connectivity index (χ3v) is 3.58. The molecular weight excluding hydrogens is 265 g/mol. The van der Waals surface area contributed by atoms with E-state index in [9.17, 15) is 4.39 Å². The van der Waals surface area contributed by atoms with Gasteiger partial charge in [0.1, 0.15) is 11.6 Å². The second kappa shape index (κ2) is 5.20. The first-order valence-corrected chi connectivity index (χ1v) is 7.12. The van der Waals surface area contributed by atoms with Crippen molar-refractivity contribution in [1.82, 2.24) is 9.55 Å². The molecule has 0 bridgehead atoms. The van der Waals surface area contributed by atoms with Crippen LogP contribution in [0.25, 0.3) is 22.4 Å². The van der Waals surface area contributed by atoms with E-state index < -0.39 is 0 Å². The fourth-order valence-corrected chi connectivity index (χ4v) is 2.61. The zero-order valence-electron chi connectivity index (χ0n) is 12.2. The van der Waals surface area contributed by atoms with E-state index in [4.69, 9.17) is 5.73 Å². The molecule has 1 aromatic heterocycles. The molecule has 0 aliphatic heterocycles. The molecule has 0 saturated carbocycles. The van der Waals surface area contributed by atoms with Crippen molar-refractivity contribution < 1.29 is 4.39 Å². The van der Waals surface area contributed by atoms with Gasteiger partial charge in [0.25, 0.3) is 0 Å². The van der Waals surface area contributed by atoms with E-state index in [2.05, 4.69) is 22.5 Å². The first-order chi connectivity index (χ1) is 10.1. The lowest BCUT2D eigenvalue weighted by Gasteiger charge is -2.09. The van der Waals surface area contributed by atoms with E-state index in [-0.39, 0.29) is 5.82 Å². The Morgan fingerprint density at radius 2 is 2.00 bits per heavy atom. The van der Waals surface area contributed by atoms with Crippen LogP contribution in [0.4, 0.5) is 10.1 Å². The van der Waals surface area contributed by atoms with Crippen molar-refractivity contribution in [2.75, 3.05) is 5.73 Å². The topological polar surface area (TPSA) is 43.8 Å². The van der Waals surface area contributed by atoms with Crippen molar-refractivity contribution in [3.63, 3.8) is 0 Å². The first-order valence-electron chi connectivity index (χ1n) is 7.12. The highest BCUT2D eigenvalue weighted by Crippen LogP contribution is 2.28. The molecule has 0 radical (unpaired) electrons. The summed E-state index contributed by atoms with van der Waals surface area (Å²) >= 11 is 0. The molecule has 108 valence electrons. The normalized spacial score (nSPS) is 11.2. The summed E-state index contributed by atoms with van der Waals surface area (Å²) in [4.78, 5) is 4.64. The summed E-state index contributed by atoms with van der Waals surface area (Å²) in [5, 5.41) is 0. The highest BCUT2D eigenvalue weighted by atomic mass is 19.1. The molecule has 0 spiro atoms. The quantitative estimate of drug-likeness (QED) is 0.734. The Balaban J connectivity index is 2.27.